The summed E-state index contributed by atoms with van der Waals surface area (Å²) in [4.78, 5) is 18.5. The molecule has 1 N–H and O–H groups in total. The number of anilines is 1. The Labute approximate surface area is 168 Å². The molecular formula is C20H16F2N4O2S. The monoisotopic (exact) mass is 414 g/mol. The number of fused-ring (bicyclic) bond motifs is 1. The summed E-state index contributed by atoms with van der Waals surface area (Å²) >= 11 is 1.63. The van der Waals surface area contributed by atoms with Crippen molar-refractivity contribution in [1.29, 1.82) is 0 Å². The largest absolute Gasteiger partial charge is 0.435 e. The summed E-state index contributed by atoms with van der Waals surface area (Å²) in [6, 6.07) is 11.4. The Balaban J connectivity index is 1.59. The predicted molar refractivity (Wildman–Crippen MR) is 107 cm³/mol. The molecule has 0 spiro atoms. The second-order valence-corrected chi connectivity index (χ2v) is 7.32. The van der Waals surface area contributed by atoms with Crippen LogP contribution in [0.1, 0.15) is 20.9 Å². The molecule has 4 aromatic rings. The number of ether oxygens (including phenoxy) is 1. The SMILES string of the molecule is Cc1cc(C(=O)Nc2ccc(OC(F)F)cc2)c2cnn(Cc3cccs3)c2n1. The minimum absolute atomic E-state index is 0.0231. The van der Waals surface area contributed by atoms with Gasteiger partial charge in [-0.25, -0.2) is 9.67 Å². The fraction of sp³-hybridized carbons (Fsp3) is 0.150. The number of hydrogen-bond donors (Lipinski definition) is 1. The molecule has 3 aromatic heterocycles. The van der Waals surface area contributed by atoms with Crippen molar-refractivity contribution in [2.75, 3.05) is 5.32 Å². The normalized spacial score (nSPS) is 11.2. The highest BCUT2D eigenvalue weighted by Gasteiger charge is 2.16. The molecule has 1 aromatic carbocycles. The Morgan fingerprint density at radius 2 is 2.07 bits per heavy atom. The third-order valence-electron chi connectivity index (χ3n) is 4.20. The number of benzene rings is 1. The van der Waals surface area contributed by atoms with Crippen molar-refractivity contribution < 1.29 is 18.3 Å². The van der Waals surface area contributed by atoms with Gasteiger partial charge in [0.1, 0.15) is 5.75 Å². The molecule has 4 rings (SSSR count). The molecule has 0 saturated carbocycles. The Hall–Kier alpha value is -3.33. The molecule has 0 atom stereocenters. The van der Waals surface area contributed by atoms with Gasteiger partial charge in [-0.05, 0) is 48.7 Å². The number of pyridine rings is 1. The number of thiophene rings is 1. The second kappa shape index (κ2) is 7.96. The van der Waals surface area contributed by atoms with E-state index in [-0.39, 0.29) is 11.7 Å². The van der Waals surface area contributed by atoms with E-state index in [1.54, 1.807) is 28.3 Å². The van der Waals surface area contributed by atoms with Crippen LogP contribution in [0.3, 0.4) is 0 Å². The number of nitrogens with zero attached hydrogens (tertiary/aromatic N) is 3. The van der Waals surface area contributed by atoms with Crippen LogP contribution in [0, 0.1) is 6.92 Å². The highest BCUT2D eigenvalue weighted by molar-refractivity contribution is 7.09. The first kappa shape index (κ1) is 19.0. The van der Waals surface area contributed by atoms with E-state index in [1.165, 1.54) is 24.3 Å². The van der Waals surface area contributed by atoms with Crippen molar-refractivity contribution >= 4 is 34.0 Å². The highest BCUT2D eigenvalue weighted by Crippen LogP contribution is 2.23. The number of aromatic nitrogens is 3. The van der Waals surface area contributed by atoms with Gasteiger partial charge in [-0.2, -0.15) is 13.9 Å². The van der Waals surface area contributed by atoms with Crippen LogP contribution in [-0.4, -0.2) is 27.3 Å². The van der Waals surface area contributed by atoms with Crippen LogP contribution in [0.2, 0.25) is 0 Å². The van der Waals surface area contributed by atoms with Gasteiger partial charge in [0.25, 0.3) is 5.91 Å². The molecule has 0 radical (unpaired) electrons. The third-order valence-corrected chi connectivity index (χ3v) is 5.07. The van der Waals surface area contributed by atoms with E-state index in [9.17, 15) is 13.6 Å². The number of halogens is 2. The zero-order valence-electron chi connectivity index (χ0n) is 15.3. The molecule has 0 aliphatic rings. The molecule has 0 fully saturated rings. The van der Waals surface area contributed by atoms with Crippen LogP contribution < -0.4 is 10.1 Å². The van der Waals surface area contributed by atoms with Gasteiger partial charge < -0.3 is 10.1 Å². The van der Waals surface area contributed by atoms with Crippen LogP contribution in [0.15, 0.2) is 54.0 Å². The maximum Gasteiger partial charge on any atom is 0.387 e. The smallest absolute Gasteiger partial charge is 0.387 e. The van der Waals surface area contributed by atoms with Gasteiger partial charge in [-0.3, -0.25) is 4.79 Å². The summed E-state index contributed by atoms with van der Waals surface area (Å²) in [6.45, 7) is -0.506. The number of carbonyl (C=O) groups is 1. The average Bonchev–Trinajstić information content (AvgIpc) is 3.33. The lowest BCUT2D eigenvalue weighted by Crippen LogP contribution is -2.13. The number of nitrogens with one attached hydrogen (secondary N) is 1. The van der Waals surface area contributed by atoms with Crippen LogP contribution in [-0.2, 0) is 6.54 Å². The summed E-state index contributed by atoms with van der Waals surface area (Å²) in [7, 11) is 0. The summed E-state index contributed by atoms with van der Waals surface area (Å²) in [5, 5.41) is 9.80. The quantitative estimate of drug-likeness (QED) is 0.496. The van der Waals surface area contributed by atoms with Crippen LogP contribution in [0.5, 0.6) is 5.75 Å². The van der Waals surface area contributed by atoms with Crippen molar-refractivity contribution in [2.45, 2.75) is 20.1 Å². The van der Waals surface area contributed by atoms with Crippen molar-refractivity contribution in [3.63, 3.8) is 0 Å². The number of amides is 1. The van der Waals surface area contributed by atoms with Crippen LogP contribution in [0.4, 0.5) is 14.5 Å². The van der Waals surface area contributed by atoms with Gasteiger partial charge in [0.2, 0.25) is 0 Å². The summed E-state index contributed by atoms with van der Waals surface area (Å²) in [5.74, 6) is -0.311. The molecule has 0 bridgehead atoms. The summed E-state index contributed by atoms with van der Waals surface area (Å²) in [5.41, 5.74) is 2.23. The van der Waals surface area contributed by atoms with Crippen molar-refractivity contribution in [1.82, 2.24) is 14.8 Å². The minimum Gasteiger partial charge on any atom is -0.435 e. The molecule has 148 valence electrons. The van der Waals surface area contributed by atoms with Gasteiger partial charge >= 0.3 is 6.61 Å². The zero-order valence-corrected chi connectivity index (χ0v) is 16.1. The van der Waals surface area contributed by atoms with E-state index in [1.807, 2.05) is 24.4 Å². The Bertz CT molecular complexity index is 1140. The molecule has 29 heavy (non-hydrogen) atoms. The van der Waals surface area contributed by atoms with Crippen LogP contribution >= 0.6 is 11.3 Å². The molecule has 0 unspecified atom stereocenters. The van der Waals surface area contributed by atoms with E-state index < -0.39 is 6.61 Å². The van der Waals surface area contributed by atoms with Gasteiger partial charge in [-0.15, -0.1) is 11.3 Å². The molecule has 0 aliphatic heterocycles. The lowest BCUT2D eigenvalue weighted by molar-refractivity contribution is -0.0498. The summed E-state index contributed by atoms with van der Waals surface area (Å²) < 4.78 is 30.6. The molecule has 0 saturated heterocycles. The Morgan fingerprint density at radius 3 is 2.76 bits per heavy atom. The fourth-order valence-corrected chi connectivity index (χ4v) is 3.63. The van der Waals surface area contributed by atoms with E-state index in [0.29, 0.717) is 34.5 Å². The fourth-order valence-electron chi connectivity index (χ4n) is 2.94. The lowest BCUT2D eigenvalue weighted by Gasteiger charge is -2.09. The molecule has 1 amide bonds. The number of carbonyl (C=O) groups excluding carboxylic acids is 1. The first-order valence-electron chi connectivity index (χ1n) is 8.71. The Morgan fingerprint density at radius 1 is 1.28 bits per heavy atom. The van der Waals surface area contributed by atoms with E-state index in [2.05, 4.69) is 20.1 Å². The van der Waals surface area contributed by atoms with Crippen molar-refractivity contribution in [3.05, 3.63) is 70.2 Å². The van der Waals surface area contributed by atoms with E-state index >= 15 is 0 Å². The van der Waals surface area contributed by atoms with Gasteiger partial charge in [0.05, 0.1) is 23.7 Å². The summed E-state index contributed by atoms with van der Waals surface area (Å²) in [6.07, 6.45) is 1.63. The molecular weight excluding hydrogens is 398 g/mol. The van der Waals surface area contributed by atoms with Gasteiger partial charge in [0, 0.05) is 16.3 Å². The highest BCUT2D eigenvalue weighted by atomic mass is 32.1. The number of aryl methyl sites for hydroxylation is 1. The van der Waals surface area contributed by atoms with Crippen molar-refractivity contribution in [2.24, 2.45) is 0 Å². The molecule has 9 heteroatoms. The standard InChI is InChI=1S/C20H16F2N4O2S/c1-12-9-16(19(27)25-13-4-6-14(7-5-13)28-20(21)22)17-10-23-26(18(17)24-12)11-15-3-2-8-29-15/h2-10,20H,11H2,1H3,(H,25,27). The zero-order chi connectivity index (χ0) is 20.4. The maximum absolute atomic E-state index is 12.8. The molecule has 3 heterocycles. The van der Waals surface area contributed by atoms with Crippen molar-refractivity contribution in [3.8, 4) is 5.75 Å². The second-order valence-electron chi connectivity index (χ2n) is 6.29. The van der Waals surface area contributed by atoms with E-state index in [4.69, 9.17) is 0 Å². The molecule has 6 nitrogen and oxygen atoms in total. The predicted octanol–water partition coefficient (Wildman–Crippen LogP) is 4.70. The number of alkyl halides is 2. The lowest BCUT2D eigenvalue weighted by atomic mass is 10.1. The first-order valence-corrected chi connectivity index (χ1v) is 9.59. The number of rotatable bonds is 6. The first-order chi connectivity index (χ1) is 14.0. The average molecular weight is 414 g/mol. The Kier molecular flexibility index (Phi) is 5.22. The number of hydrogen-bond acceptors (Lipinski definition) is 5. The topological polar surface area (TPSA) is 69.0 Å². The maximum atomic E-state index is 12.8. The van der Waals surface area contributed by atoms with E-state index in [0.717, 1.165) is 4.88 Å². The van der Waals surface area contributed by atoms with Gasteiger partial charge in [0.15, 0.2) is 5.65 Å². The minimum atomic E-state index is -2.89. The molecule has 0 aliphatic carbocycles. The third kappa shape index (κ3) is 4.24. The van der Waals surface area contributed by atoms with Gasteiger partial charge in [-0.1, -0.05) is 6.07 Å². The van der Waals surface area contributed by atoms with Crippen LogP contribution in [0.25, 0.3) is 11.0 Å².